The predicted octanol–water partition coefficient (Wildman–Crippen LogP) is 5.03. The van der Waals surface area contributed by atoms with Crippen LogP contribution in [0, 0.1) is 13.8 Å². The topological polar surface area (TPSA) is 44.8 Å². The van der Waals surface area contributed by atoms with Crippen molar-refractivity contribution in [2.24, 2.45) is 0 Å². The van der Waals surface area contributed by atoms with E-state index in [0.29, 0.717) is 11.5 Å². The molecule has 0 unspecified atom stereocenters. The first-order valence-electron chi connectivity index (χ1n) is 6.43. The SMILES string of the molecule is C=COP(=O)(Oc1ccc(C)cc1)Oc1ccc(C)cc1. The number of hydrogen-bond acceptors (Lipinski definition) is 4. The highest BCUT2D eigenvalue weighted by atomic mass is 31.2. The van der Waals surface area contributed by atoms with Crippen molar-refractivity contribution in [2.45, 2.75) is 13.8 Å². The van der Waals surface area contributed by atoms with Gasteiger partial charge in [0.1, 0.15) is 11.5 Å². The van der Waals surface area contributed by atoms with Crippen LogP contribution < -0.4 is 9.05 Å². The zero-order valence-corrected chi connectivity index (χ0v) is 12.9. The summed E-state index contributed by atoms with van der Waals surface area (Å²) in [6, 6.07) is 14.2. The van der Waals surface area contributed by atoms with E-state index >= 15 is 0 Å². The summed E-state index contributed by atoms with van der Waals surface area (Å²) in [5.74, 6) is 0.802. The molecule has 0 spiro atoms. The van der Waals surface area contributed by atoms with Crippen molar-refractivity contribution in [2.75, 3.05) is 0 Å². The van der Waals surface area contributed by atoms with E-state index in [1.165, 1.54) is 0 Å². The first-order valence-corrected chi connectivity index (χ1v) is 7.89. The highest BCUT2D eigenvalue weighted by molar-refractivity contribution is 7.49. The molecule has 4 nitrogen and oxygen atoms in total. The second kappa shape index (κ2) is 6.51. The van der Waals surface area contributed by atoms with Crippen molar-refractivity contribution in [1.82, 2.24) is 0 Å². The Hall–Kier alpha value is -2.19. The molecule has 110 valence electrons. The van der Waals surface area contributed by atoms with Gasteiger partial charge in [0, 0.05) is 0 Å². The summed E-state index contributed by atoms with van der Waals surface area (Å²) in [4.78, 5) is 0. The zero-order chi connectivity index (χ0) is 15.3. The molecule has 0 saturated carbocycles. The summed E-state index contributed by atoms with van der Waals surface area (Å²) in [6.45, 7) is 7.30. The maximum absolute atomic E-state index is 12.6. The zero-order valence-electron chi connectivity index (χ0n) is 12.0. The Morgan fingerprint density at radius 2 is 1.24 bits per heavy atom. The molecule has 2 aromatic carbocycles. The lowest BCUT2D eigenvalue weighted by atomic mass is 10.2. The highest BCUT2D eigenvalue weighted by Crippen LogP contribution is 2.49. The van der Waals surface area contributed by atoms with Gasteiger partial charge < -0.3 is 13.6 Å². The molecule has 0 aliphatic carbocycles. The molecule has 5 heteroatoms. The lowest BCUT2D eigenvalue weighted by Gasteiger charge is -2.17. The quantitative estimate of drug-likeness (QED) is 0.554. The van der Waals surface area contributed by atoms with Crippen molar-refractivity contribution in [1.29, 1.82) is 0 Å². The van der Waals surface area contributed by atoms with Crippen LogP contribution in [-0.2, 0) is 9.09 Å². The van der Waals surface area contributed by atoms with Crippen LogP contribution in [-0.4, -0.2) is 0 Å². The van der Waals surface area contributed by atoms with Crippen LogP contribution in [0.1, 0.15) is 11.1 Å². The van der Waals surface area contributed by atoms with Crippen LogP contribution in [0.2, 0.25) is 0 Å². The van der Waals surface area contributed by atoms with E-state index in [2.05, 4.69) is 6.58 Å². The normalized spacial score (nSPS) is 10.8. The molecule has 21 heavy (non-hydrogen) atoms. The van der Waals surface area contributed by atoms with Gasteiger partial charge in [0.05, 0.1) is 6.26 Å². The van der Waals surface area contributed by atoms with Crippen LogP contribution in [0.3, 0.4) is 0 Å². The summed E-state index contributed by atoms with van der Waals surface area (Å²) in [5, 5.41) is 0. The third-order valence-corrected chi connectivity index (χ3v) is 3.96. The number of phosphoric ester groups is 1. The third-order valence-electron chi connectivity index (χ3n) is 2.68. The predicted molar refractivity (Wildman–Crippen MR) is 82.5 cm³/mol. The van der Waals surface area contributed by atoms with Gasteiger partial charge in [0.15, 0.2) is 0 Å². The first kappa shape index (κ1) is 15.2. The Morgan fingerprint density at radius 1 is 0.857 bits per heavy atom. The highest BCUT2D eigenvalue weighted by Gasteiger charge is 2.31. The summed E-state index contributed by atoms with van der Waals surface area (Å²) < 4.78 is 28.3. The van der Waals surface area contributed by atoms with Crippen LogP contribution in [0.5, 0.6) is 11.5 Å². The molecular weight excluding hydrogens is 287 g/mol. The van der Waals surface area contributed by atoms with Gasteiger partial charge in [0.25, 0.3) is 0 Å². The number of benzene rings is 2. The fourth-order valence-electron chi connectivity index (χ4n) is 1.61. The third kappa shape index (κ3) is 4.40. The molecule has 0 saturated heterocycles. The second-order valence-corrected chi connectivity index (χ2v) is 6.00. The molecule has 0 aliphatic heterocycles. The Kier molecular flexibility index (Phi) is 4.71. The van der Waals surface area contributed by atoms with Crippen LogP contribution in [0.25, 0.3) is 0 Å². The van der Waals surface area contributed by atoms with E-state index in [4.69, 9.17) is 13.6 Å². The lowest BCUT2D eigenvalue weighted by Crippen LogP contribution is -2.02. The molecule has 0 amide bonds. The molecule has 0 aliphatic rings. The van der Waals surface area contributed by atoms with Crippen LogP contribution in [0.15, 0.2) is 61.4 Å². The Bertz CT molecular complexity index is 595. The van der Waals surface area contributed by atoms with E-state index in [1.807, 2.05) is 38.1 Å². The summed E-state index contributed by atoms with van der Waals surface area (Å²) >= 11 is 0. The molecule has 0 heterocycles. The fraction of sp³-hybridized carbons (Fsp3) is 0.125. The van der Waals surface area contributed by atoms with E-state index in [1.54, 1.807) is 24.3 Å². The van der Waals surface area contributed by atoms with E-state index in [-0.39, 0.29) is 0 Å². The first-order chi connectivity index (χ1) is 10.0. The van der Waals surface area contributed by atoms with E-state index in [0.717, 1.165) is 17.4 Å². The van der Waals surface area contributed by atoms with Gasteiger partial charge in [-0.25, -0.2) is 0 Å². The van der Waals surface area contributed by atoms with Gasteiger partial charge >= 0.3 is 7.82 Å². The maximum atomic E-state index is 12.6. The summed E-state index contributed by atoms with van der Waals surface area (Å²) in [7, 11) is -3.81. The second-order valence-electron chi connectivity index (χ2n) is 4.53. The average molecular weight is 304 g/mol. The minimum absolute atomic E-state index is 0.401. The van der Waals surface area contributed by atoms with Gasteiger partial charge in [-0.3, -0.25) is 0 Å². The van der Waals surface area contributed by atoms with Crippen molar-refractivity contribution in [3.8, 4) is 11.5 Å². The van der Waals surface area contributed by atoms with Crippen molar-refractivity contribution >= 4 is 7.82 Å². The molecule has 0 fully saturated rings. The number of phosphoric acid groups is 1. The summed E-state index contributed by atoms with van der Waals surface area (Å²) in [5.41, 5.74) is 2.14. The Morgan fingerprint density at radius 3 is 1.57 bits per heavy atom. The minimum Gasteiger partial charge on any atom is -0.395 e. The molecule has 0 radical (unpaired) electrons. The Labute approximate surface area is 124 Å². The summed E-state index contributed by atoms with van der Waals surface area (Å²) in [6.07, 6.45) is 1.04. The fourth-order valence-corrected chi connectivity index (χ4v) is 2.68. The molecule has 0 bridgehead atoms. The number of rotatable bonds is 6. The van der Waals surface area contributed by atoms with Gasteiger partial charge in [-0.05, 0) is 38.1 Å². The average Bonchev–Trinajstić information content (AvgIpc) is 2.44. The molecule has 2 aromatic rings. The van der Waals surface area contributed by atoms with Gasteiger partial charge in [-0.2, -0.15) is 4.57 Å². The molecule has 0 atom stereocenters. The van der Waals surface area contributed by atoms with E-state index in [9.17, 15) is 4.57 Å². The molecule has 0 aromatic heterocycles. The number of hydrogen-bond donors (Lipinski definition) is 0. The molecule has 2 rings (SSSR count). The minimum atomic E-state index is -3.81. The van der Waals surface area contributed by atoms with Crippen LogP contribution >= 0.6 is 7.82 Å². The van der Waals surface area contributed by atoms with Gasteiger partial charge in [-0.15, -0.1) is 0 Å². The van der Waals surface area contributed by atoms with Crippen molar-refractivity contribution < 1.29 is 18.1 Å². The van der Waals surface area contributed by atoms with E-state index < -0.39 is 7.82 Å². The van der Waals surface area contributed by atoms with Crippen molar-refractivity contribution in [3.05, 3.63) is 72.5 Å². The Balaban J connectivity index is 2.19. The maximum Gasteiger partial charge on any atom is 0.646 e. The van der Waals surface area contributed by atoms with Crippen LogP contribution in [0.4, 0.5) is 0 Å². The number of aryl methyl sites for hydroxylation is 2. The molecule has 0 N–H and O–H groups in total. The lowest BCUT2D eigenvalue weighted by molar-refractivity contribution is 0.274. The smallest absolute Gasteiger partial charge is 0.395 e. The standard InChI is InChI=1S/C16H17O4P/c1-4-18-21(17,19-15-9-5-13(2)6-10-15)20-16-11-7-14(3)8-12-16/h4-12H,1H2,2-3H3. The monoisotopic (exact) mass is 304 g/mol. The van der Waals surface area contributed by atoms with Crippen molar-refractivity contribution in [3.63, 3.8) is 0 Å². The largest absolute Gasteiger partial charge is 0.646 e. The molecular formula is C16H17O4P. The van der Waals surface area contributed by atoms with Gasteiger partial charge in [0.2, 0.25) is 0 Å². The van der Waals surface area contributed by atoms with Gasteiger partial charge in [-0.1, -0.05) is 42.0 Å².